The molecule has 3 rings (SSSR count). The number of hydrogen-bond acceptors (Lipinski definition) is 3. The number of nitrogens with zero attached hydrogens (tertiary/aromatic N) is 2. The third-order valence-corrected chi connectivity index (χ3v) is 4.88. The first-order valence-corrected chi connectivity index (χ1v) is 8.90. The van der Waals surface area contributed by atoms with Gasteiger partial charge in [-0.2, -0.15) is 0 Å². The van der Waals surface area contributed by atoms with E-state index in [9.17, 15) is 14.7 Å². The van der Waals surface area contributed by atoms with Crippen molar-refractivity contribution in [3.8, 4) is 0 Å². The largest absolute Gasteiger partial charge is 0.481 e. The van der Waals surface area contributed by atoms with Crippen LogP contribution >= 0.6 is 0 Å². The fourth-order valence-electron chi connectivity index (χ4n) is 3.61. The fraction of sp³-hybridized carbons (Fsp3) is 0.333. The van der Waals surface area contributed by atoms with Crippen molar-refractivity contribution in [3.63, 3.8) is 0 Å². The molecule has 0 spiro atoms. The topological polar surface area (TPSA) is 60.9 Å². The molecule has 0 aromatic heterocycles. The second-order valence-electron chi connectivity index (χ2n) is 6.83. The Morgan fingerprint density at radius 1 is 1.00 bits per heavy atom. The Bertz CT molecular complexity index is 748. The average Bonchev–Trinajstić information content (AvgIpc) is 2.65. The van der Waals surface area contributed by atoms with E-state index in [-0.39, 0.29) is 24.4 Å². The number of carboxylic acid groups (broad SMARTS) is 1. The van der Waals surface area contributed by atoms with E-state index in [1.165, 1.54) is 0 Å². The van der Waals surface area contributed by atoms with Gasteiger partial charge in [-0.25, -0.2) is 0 Å². The summed E-state index contributed by atoms with van der Waals surface area (Å²) in [5.41, 5.74) is 1.79. The summed E-state index contributed by atoms with van der Waals surface area (Å²) in [4.78, 5) is 28.2. The van der Waals surface area contributed by atoms with Gasteiger partial charge in [0.25, 0.3) is 5.91 Å². The van der Waals surface area contributed by atoms with Crippen LogP contribution in [0.25, 0.3) is 0 Å². The number of carbonyl (C=O) groups is 2. The van der Waals surface area contributed by atoms with Crippen molar-refractivity contribution < 1.29 is 14.7 Å². The molecule has 0 unspecified atom stereocenters. The minimum atomic E-state index is -0.839. The van der Waals surface area contributed by atoms with Crippen molar-refractivity contribution >= 4 is 11.9 Å². The molecule has 0 saturated carbocycles. The smallest absolute Gasteiger partial charge is 0.305 e. The second kappa shape index (κ2) is 8.15. The monoisotopic (exact) mass is 352 g/mol. The van der Waals surface area contributed by atoms with Crippen LogP contribution in [0.5, 0.6) is 0 Å². The lowest BCUT2D eigenvalue weighted by Gasteiger charge is -2.45. The molecule has 1 fully saturated rings. The van der Waals surface area contributed by atoms with E-state index in [4.69, 9.17) is 0 Å². The van der Waals surface area contributed by atoms with Crippen molar-refractivity contribution in [2.45, 2.75) is 32.0 Å². The molecule has 1 N–H and O–H groups in total. The molecule has 2 aromatic carbocycles. The quantitative estimate of drug-likeness (QED) is 0.899. The number of piperazine rings is 1. The van der Waals surface area contributed by atoms with Gasteiger partial charge in [-0.3, -0.25) is 14.5 Å². The molecule has 1 aliphatic rings. The molecule has 5 nitrogen and oxygen atoms in total. The summed E-state index contributed by atoms with van der Waals surface area (Å²) in [5, 5.41) is 9.35. The zero-order valence-corrected chi connectivity index (χ0v) is 14.9. The zero-order valence-electron chi connectivity index (χ0n) is 14.9. The van der Waals surface area contributed by atoms with Gasteiger partial charge in [0.2, 0.25) is 0 Å². The van der Waals surface area contributed by atoms with Crippen molar-refractivity contribution in [3.05, 3.63) is 71.8 Å². The lowest BCUT2D eigenvalue weighted by molar-refractivity contribution is -0.139. The lowest BCUT2D eigenvalue weighted by atomic mass is 10.0. The molecule has 0 radical (unpaired) electrons. The summed E-state index contributed by atoms with van der Waals surface area (Å²) in [6.07, 6.45) is 0.0236. The van der Waals surface area contributed by atoms with E-state index in [1.54, 1.807) is 17.0 Å². The van der Waals surface area contributed by atoms with Crippen LogP contribution in [-0.4, -0.2) is 52.0 Å². The fourth-order valence-corrected chi connectivity index (χ4v) is 3.61. The molecule has 1 saturated heterocycles. The number of amides is 1. The summed E-state index contributed by atoms with van der Waals surface area (Å²) < 4.78 is 0. The van der Waals surface area contributed by atoms with E-state index in [0.717, 1.165) is 5.56 Å². The van der Waals surface area contributed by atoms with E-state index in [1.807, 2.05) is 48.5 Å². The van der Waals surface area contributed by atoms with Crippen LogP contribution in [0.1, 0.15) is 29.3 Å². The minimum absolute atomic E-state index is 0.0236. The number of aliphatic carboxylic acids is 1. The average molecular weight is 352 g/mol. The third kappa shape index (κ3) is 4.29. The van der Waals surface area contributed by atoms with Gasteiger partial charge in [0.05, 0.1) is 6.42 Å². The van der Waals surface area contributed by atoms with Crippen LogP contribution in [0.2, 0.25) is 0 Å². The molecule has 1 amide bonds. The highest BCUT2D eigenvalue weighted by molar-refractivity contribution is 5.94. The second-order valence-corrected chi connectivity index (χ2v) is 6.83. The van der Waals surface area contributed by atoms with Gasteiger partial charge >= 0.3 is 5.97 Å². The van der Waals surface area contributed by atoms with Crippen LogP contribution in [0, 0.1) is 0 Å². The van der Waals surface area contributed by atoms with Gasteiger partial charge in [-0.15, -0.1) is 0 Å². The predicted octanol–water partition coefficient (Wildman–Crippen LogP) is 2.88. The maximum Gasteiger partial charge on any atom is 0.305 e. The molecule has 0 aliphatic carbocycles. The Balaban J connectivity index is 1.78. The molecule has 136 valence electrons. The first-order chi connectivity index (χ1) is 12.5. The van der Waals surface area contributed by atoms with Gasteiger partial charge in [0.1, 0.15) is 0 Å². The summed E-state index contributed by atoms with van der Waals surface area (Å²) in [7, 11) is 0. The van der Waals surface area contributed by atoms with Crippen molar-refractivity contribution in [2.75, 3.05) is 13.1 Å². The first kappa shape index (κ1) is 18.1. The Labute approximate surface area is 153 Å². The van der Waals surface area contributed by atoms with Crippen molar-refractivity contribution in [1.82, 2.24) is 9.80 Å². The molecule has 1 aliphatic heterocycles. The molecule has 0 bridgehead atoms. The number of rotatable bonds is 5. The van der Waals surface area contributed by atoms with Gasteiger partial charge in [-0.05, 0) is 24.6 Å². The molecule has 1 heterocycles. The highest BCUT2D eigenvalue weighted by Gasteiger charge is 2.35. The van der Waals surface area contributed by atoms with Gasteiger partial charge in [0.15, 0.2) is 0 Å². The molecule has 2 atom stereocenters. The van der Waals surface area contributed by atoms with Gasteiger partial charge < -0.3 is 10.0 Å². The highest BCUT2D eigenvalue weighted by atomic mass is 16.4. The normalized spacial score (nSPS) is 20.7. The molecule has 2 aromatic rings. The van der Waals surface area contributed by atoms with E-state index in [2.05, 4.69) is 11.8 Å². The first-order valence-electron chi connectivity index (χ1n) is 8.90. The third-order valence-electron chi connectivity index (χ3n) is 4.88. The van der Waals surface area contributed by atoms with Crippen LogP contribution in [0.15, 0.2) is 60.7 Å². The van der Waals surface area contributed by atoms with Gasteiger partial charge in [0, 0.05) is 37.3 Å². The van der Waals surface area contributed by atoms with Crippen LogP contribution in [0.3, 0.4) is 0 Å². The predicted molar refractivity (Wildman–Crippen MR) is 99.8 cm³/mol. The van der Waals surface area contributed by atoms with Crippen LogP contribution in [-0.2, 0) is 11.3 Å². The van der Waals surface area contributed by atoms with E-state index >= 15 is 0 Å². The highest BCUT2D eigenvalue weighted by Crippen LogP contribution is 2.23. The number of carbonyl (C=O) groups excluding carboxylic acids is 1. The SMILES string of the molecule is C[C@@H]1CN(C(=O)c2ccccc2)C[C@@H](CC(=O)O)N1Cc1ccccc1. The Kier molecular flexibility index (Phi) is 5.68. The van der Waals surface area contributed by atoms with Crippen molar-refractivity contribution in [2.24, 2.45) is 0 Å². The number of carboxylic acids is 1. The number of benzene rings is 2. The summed E-state index contributed by atoms with van der Waals surface area (Å²) in [6.45, 7) is 3.77. The van der Waals surface area contributed by atoms with Gasteiger partial charge in [-0.1, -0.05) is 48.5 Å². The maximum atomic E-state index is 12.8. The Morgan fingerprint density at radius 3 is 2.23 bits per heavy atom. The summed E-state index contributed by atoms with van der Waals surface area (Å²) in [5.74, 6) is -0.874. The molecule has 5 heteroatoms. The summed E-state index contributed by atoms with van der Waals surface area (Å²) in [6, 6.07) is 19.1. The lowest BCUT2D eigenvalue weighted by Crippen LogP contribution is -2.59. The van der Waals surface area contributed by atoms with E-state index in [0.29, 0.717) is 25.2 Å². The molecular weight excluding hydrogens is 328 g/mol. The maximum absolute atomic E-state index is 12.8. The Morgan fingerprint density at radius 2 is 1.62 bits per heavy atom. The van der Waals surface area contributed by atoms with Crippen molar-refractivity contribution in [1.29, 1.82) is 0 Å². The van der Waals surface area contributed by atoms with Crippen LogP contribution < -0.4 is 0 Å². The Hall–Kier alpha value is -2.66. The van der Waals surface area contributed by atoms with E-state index < -0.39 is 5.97 Å². The number of hydrogen-bond donors (Lipinski definition) is 1. The minimum Gasteiger partial charge on any atom is -0.481 e. The summed E-state index contributed by atoms with van der Waals surface area (Å²) >= 11 is 0. The zero-order chi connectivity index (χ0) is 18.5. The van der Waals surface area contributed by atoms with Crippen LogP contribution in [0.4, 0.5) is 0 Å². The molecular formula is C21H24N2O3. The standard InChI is InChI=1S/C21H24N2O3/c1-16-13-22(21(26)18-10-6-3-7-11-18)15-19(12-20(24)25)23(16)14-17-8-4-2-5-9-17/h2-11,16,19H,12-15H2,1H3,(H,24,25)/t16-,19-/m1/s1. The molecule has 26 heavy (non-hydrogen) atoms.